The van der Waals surface area contributed by atoms with Crippen LogP contribution >= 0.6 is 46.7 Å². The Bertz CT molecular complexity index is 873. The first-order valence-corrected chi connectivity index (χ1v) is 9.68. The van der Waals surface area contributed by atoms with Crippen LogP contribution in [-0.4, -0.2) is 20.5 Å². The van der Waals surface area contributed by atoms with E-state index in [0.717, 1.165) is 19.8 Å². The summed E-state index contributed by atoms with van der Waals surface area (Å²) in [5, 5.41) is 0.591. The summed E-state index contributed by atoms with van der Waals surface area (Å²) >= 11 is 13.8. The van der Waals surface area contributed by atoms with Crippen LogP contribution in [0.5, 0.6) is 0 Å². The van der Waals surface area contributed by atoms with Gasteiger partial charge in [0.25, 0.3) is 10.5 Å². The monoisotopic (exact) mass is 420 g/mol. The Morgan fingerprint density at radius 2 is 1.08 bits per heavy atom. The topological polar surface area (TPSA) is 59.9 Å². The second-order valence-electron chi connectivity index (χ2n) is 4.99. The molecule has 0 N–H and O–H groups in total. The summed E-state index contributed by atoms with van der Waals surface area (Å²) in [5.74, 6) is 0. The molecule has 0 radical (unpaired) electrons. The van der Waals surface area contributed by atoms with Gasteiger partial charge in [-0.25, -0.2) is 9.97 Å². The first-order chi connectivity index (χ1) is 12.5. The standard InChI is InChI=1S/C18H10Cl2N2O2S2/c19-17(23)11-1-5-13(6-2-11)25-15-9-16(22-10-21-15)26-14-7-3-12(4-8-14)18(20)24/h1-10H. The quantitative estimate of drug-likeness (QED) is 0.385. The maximum absolute atomic E-state index is 11.1. The van der Waals surface area contributed by atoms with Crippen LogP contribution in [0.1, 0.15) is 20.7 Å². The van der Waals surface area contributed by atoms with E-state index in [9.17, 15) is 9.59 Å². The number of hydrogen-bond donors (Lipinski definition) is 0. The third-order valence-electron chi connectivity index (χ3n) is 3.22. The maximum Gasteiger partial charge on any atom is 0.252 e. The highest BCUT2D eigenvalue weighted by atomic mass is 35.5. The van der Waals surface area contributed by atoms with Crippen molar-refractivity contribution in [1.29, 1.82) is 0 Å². The Labute approximate surface area is 168 Å². The zero-order valence-electron chi connectivity index (χ0n) is 13.1. The van der Waals surface area contributed by atoms with Gasteiger partial charge in [-0.1, -0.05) is 23.5 Å². The van der Waals surface area contributed by atoms with Crippen molar-refractivity contribution >= 4 is 57.2 Å². The molecule has 0 amide bonds. The fraction of sp³-hybridized carbons (Fsp3) is 0. The molecule has 2 aromatic carbocycles. The lowest BCUT2D eigenvalue weighted by molar-refractivity contribution is 0.107. The summed E-state index contributed by atoms with van der Waals surface area (Å²) < 4.78 is 0. The molecule has 0 saturated heterocycles. The molecule has 26 heavy (non-hydrogen) atoms. The Morgan fingerprint density at radius 3 is 1.42 bits per heavy atom. The van der Waals surface area contributed by atoms with Crippen LogP contribution in [-0.2, 0) is 0 Å². The Morgan fingerprint density at radius 1 is 0.692 bits per heavy atom. The lowest BCUT2D eigenvalue weighted by atomic mass is 10.2. The van der Waals surface area contributed by atoms with Crippen molar-refractivity contribution in [3.8, 4) is 0 Å². The maximum atomic E-state index is 11.1. The molecular formula is C18H10Cl2N2O2S2. The van der Waals surface area contributed by atoms with Crippen molar-refractivity contribution in [3.63, 3.8) is 0 Å². The third kappa shape index (κ3) is 5.08. The molecule has 0 aliphatic rings. The highest BCUT2D eigenvalue weighted by Gasteiger charge is 2.07. The minimum absolute atomic E-state index is 0.453. The van der Waals surface area contributed by atoms with Crippen LogP contribution in [0.2, 0.25) is 0 Å². The fourth-order valence-corrected chi connectivity index (χ4v) is 3.88. The molecule has 8 heteroatoms. The Balaban J connectivity index is 1.71. The number of halogens is 2. The molecule has 0 atom stereocenters. The van der Waals surface area contributed by atoms with E-state index in [1.165, 1.54) is 29.9 Å². The molecule has 0 saturated carbocycles. The van der Waals surface area contributed by atoms with Crippen LogP contribution in [0, 0.1) is 0 Å². The van der Waals surface area contributed by atoms with E-state index in [2.05, 4.69) is 9.97 Å². The summed E-state index contributed by atoms with van der Waals surface area (Å²) in [6, 6.07) is 15.8. The molecule has 4 nitrogen and oxygen atoms in total. The van der Waals surface area contributed by atoms with Crippen molar-refractivity contribution in [3.05, 3.63) is 72.1 Å². The highest BCUT2D eigenvalue weighted by molar-refractivity contribution is 8.00. The molecule has 0 aliphatic carbocycles. The van der Waals surface area contributed by atoms with Crippen LogP contribution in [0.15, 0.2) is 80.8 Å². The van der Waals surface area contributed by atoms with E-state index < -0.39 is 10.5 Å². The average Bonchev–Trinajstić information content (AvgIpc) is 2.63. The van der Waals surface area contributed by atoms with Gasteiger partial charge in [-0.05, 0) is 71.7 Å². The lowest BCUT2D eigenvalue weighted by Crippen LogP contribution is -1.89. The van der Waals surface area contributed by atoms with Gasteiger partial charge >= 0.3 is 0 Å². The van der Waals surface area contributed by atoms with Crippen LogP contribution in [0.25, 0.3) is 0 Å². The molecule has 0 aliphatic heterocycles. The third-order valence-corrected chi connectivity index (χ3v) is 5.54. The smallest absolute Gasteiger partial charge is 0.252 e. The van der Waals surface area contributed by atoms with Gasteiger partial charge in [-0.15, -0.1) is 0 Å². The van der Waals surface area contributed by atoms with Gasteiger partial charge in [0.15, 0.2) is 0 Å². The van der Waals surface area contributed by atoms with Crippen LogP contribution in [0.3, 0.4) is 0 Å². The van der Waals surface area contributed by atoms with Crippen molar-refractivity contribution in [2.24, 2.45) is 0 Å². The summed E-state index contributed by atoms with van der Waals surface area (Å²) in [4.78, 5) is 32.6. The number of aromatic nitrogens is 2. The van der Waals surface area contributed by atoms with E-state index in [1.54, 1.807) is 24.3 Å². The molecule has 3 rings (SSSR count). The average molecular weight is 421 g/mol. The summed E-state index contributed by atoms with van der Waals surface area (Å²) in [6.07, 6.45) is 1.50. The van der Waals surface area contributed by atoms with Crippen molar-refractivity contribution in [2.75, 3.05) is 0 Å². The van der Waals surface area contributed by atoms with Gasteiger partial charge in [-0.2, -0.15) is 0 Å². The molecular weight excluding hydrogens is 411 g/mol. The van der Waals surface area contributed by atoms with Gasteiger partial charge < -0.3 is 0 Å². The number of nitrogens with zero attached hydrogens (tertiary/aromatic N) is 2. The van der Waals surface area contributed by atoms with Gasteiger partial charge in [0.1, 0.15) is 16.4 Å². The first kappa shape index (κ1) is 18.9. The number of benzene rings is 2. The van der Waals surface area contributed by atoms with Gasteiger partial charge in [0.2, 0.25) is 0 Å². The van der Waals surface area contributed by atoms with Crippen LogP contribution in [0.4, 0.5) is 0 Å². The number of rotatable bonds is 6. The number of hydrogen-bond acceptors (Lipinski definition) is 6. The minimum Gasteiger partial charge on any atom is -0.276 e. The molecule has 0 fully saturated rings. The second kappa shape index (κ2) is 8.68. The van der Waals surface area contributed by atoms with E-state index >= 15 is 0 Å². The molecule has 0 bridgehead atoms. The van der Waals surface area contributed by atoms with E-state index in [1.807, 2.05) is 30.3 Å². The minimum atomic E-state index is -0.482. The normalized spacial score (nSPS) is 10.5. The highest BCUT2D eigenvalue weighted by Crippen LogP contribution is 2.31. The second-order valence-corrected chi connectivity index (χ2v) is 7.87. The summed E-state index contributed by atoms with van der Waals surface area (Å²) in [6.45, 7) is 0. The van der Waals surface area contributed by atoms with Crippen molar-refractivity contribution in [1.82, 2.24) is 9.97 Å². The van der Waals surface area contributed by atoms with E-state index in [4.69, 9.17) is 23.2 Å². The fourth-order valence-electron chi connectivity index (χ4n) is 1.98. The van der Waals surface area contributed by atoms with Crippen molar-refractivity contribution < 1.29 is 9.59 Å². The SMILES string of the molecule is O=C(Cl)c1ccc(Sc2cc(Sc3ccc(C(=O)Cl)cc3)ncn2)cc1. The molecule has 0 unspecified atom stereocenters. The van der Waals surface area contributed by atoms with Gasteiger partial charge in [0, 0.05) is 27.0 Å². The summed E-state index contributed by atoms with van der Waals surface area (Å²) in [7, 11) is 0. The zero-order valence-corrected chi connectivity index (χ0v) is 16.2. The Kier molecular flexibility index (Phi) is 6.32. The van der Waals surface area contributed by atoms with Crippen molar-refractivity contribution in [2.45, 2.75) is 19.8 Å². The number of carbonyl (C=O) groups excluding carboxylic acids is 2. The van der Waals surface area contributed by atoms with Gasteiger partial charge in [0.05, 0.1) is 0 Å². The molecule has 0 spiro atoms. The summed E-state index contributed by atoms with van der Waals surface area (Å²) in [5.41, 5.74) is 0.905. The zero-order chi connectivity index (χ0) is 18.5. The molecule has 3 aromatic rings. The van der Waals surface area contributed by atoms with E-state index in [-0.39, 0.29) is 0 Å². The molecule has 1 heterocycles. The molecule has 1 aromatic heterocycles. The van der Waals surface area contributed by atoms with Gasteiger partial charge in [-0.3, -0.25) is 9.59 Å². The first-order valence-electron chi connectivity index (χ1n) is 7.29. The largest absolute Gasteiger partial charge is 0.276 e. The predicted octanol–water partition coefficient (Wildman–Crippen LogP) is 5.54. The van der Waals surface area contributed by atoms with E-state index in [0.29, 0.717) is 11.1 Å². The Hall–Kier alpha value is -1.86. The lowest BCUT2D eigenvalue weighted by Gasteiger charge is -2.05. The van der Waals surface area contributed by atoms with Crippen LogP contribution < -0.4 is 0 Å². The molecule has 130 valence electrons. The predicted molar refractivity (Wildman–Crippen MR) is 104 cm³/mol. The number of carbonyl (C=O) groups is 2.